The Labute approximate surface area is 97.9 Å². The van der Waals surface area contributed by atoms with Gasteiger partial charge in [0.05, 0.1) is 11.4 Å². The molecule has 0 radical (unpaired) electrons. The van der Waals surface area contributed by atoms with Crippen LogP contribution in [0, 0.1) is 13.8 Å². The van der Waals surface area contributed by atoms with Crippen LogP contribution in [0.5, 0.6) is 0 Å². The number of hydrogen-bond acceptors (Lipinski definition) is 3. The van der Waals surface area contributed by atoms with Crippen molar-refractivity contribution in [2.24, 2.45) is 0 Å². The minimum atomic E-state index is 1.11. The molecule has 0 unspecified atom stereocenters. The number of nitrogens with one attached hydrogen (secondary N) is 1. The SMILES string of the molecule is Cc1ccc(N2CCCNCCC2)c(C)n1. The Morgan fingerprint density at radius 3 is 2.44 bits per heavy atom. The van der Waals surface area contributed by atoms with Crippen LogP contribution in [0.4, 0.5) is 5.69 Å². The molecule has 88 valence electrons. The van der Waals surface area contributed by atoms with Crippen molar-refractivity contribution in [2.75, 3.05) is 31.1 Å². The largest absolute Gasteiger partial charge is 0.370 e. The molecule has 1 fully saturated rings. The molecule has 1 aromatic heterocycles. The summed E-state index contributed by atoms with van der Waals surface area (Å²) in [7, 11) is 0. The van der Waals surface area contributed by atoms with Crippen LogP contribution in [0.2, 0.25) is 0 Å². The maximum atomic E-state index is 4.55. The standard InChI is InChI=1S/C13H21N3/c1-11-5-6-13(12(2)15-11)16-9-3-7-14-8-4-10-16/h5-6,14H,3-4,7-10H2,1-2H3. The quantitative estimate of drug-likeness (QED) is 0.782. The van der Waals surface area contributed by atoms with E-state index in [0.29, 0.717) is 0 Å². The molecule has 0 aliphatic carbocycles. The van der Waals surface area contributed by atoms with Gasteiger partial charge in [0.1, 0.15) is 0 Å². The molecular weight excluding hydrogens is 198 g/mol. The summed E-state index contributed by atoms with van der Waals surface area (Å²) in [5, 5.41) is 3.44. The summed E-state index contributed by atoms with van der Waals surface area (Å²) < 4.78 is 0. The Morgan fingerprint density at radius 1 is 1.12 bits per heavy atom. The van der Waals surface area contributed by atoms with Crippen molar-refractivity contribution in [3.05, 3.63) is 23.5 Å². The third-order valence-corrected chi connectivity index (χ3v) is 3.10. The van der Waals surface area contributed by atoms with Crippen molar-refractivity contribution in [2.45, 2.75) is 26.7 Å². The van der Waals surface area contributed by atoms with Crippen molar-refractivity contribution >= 4 is 5.69 Å². The molecule has 1 N–H and O–H groups in total. The maximum Gasteiger partial charge on any atom is 0.0608 e. The van der Waals surface area contributed by atoms with Gasteiger partial charge in [-0.2, -0.15) is 0 Å². The number of aryl methyl sites for hydroxylation is 2. The predicted octanol–water partition coefficient (Wildman–Crippen LogP) is 1.89. The van der Waals surface area contributed by atoms with Gasteiger partial charge in [0.15, 0.2) is 0 Å². The van der Waals surface area contributed by atoms with Gasteiger partial charge in [0, 0.05) is 18.8 Å². The van der Waals surface area contributed by atoms with E-state index in [4.69, 9.17) is 0 Å². The van der Waals surface area contributed by atoms with Gasteiger partial charge >= 0.3 is 0 Å². The van der Waals surface area contributed by atoms with Gasteiger partial charge in [-0.3, -0.25) is 4.98 Å². The van der Waals surface area contributed by atoms with Crippen molar-refractivity contribution in [3.63, 3.8) is 0 Å². The van der Waals surface area contributed by atoms with Gasteiger partial charge < -0.3 is 10.2 Å². The minimum Gasteiger partial charge on any atom is -0.370 e. The molecule has 1 aliphatic heterocycles. The second kappa shape index (κ2) is 5.30. The first-order valence-corrected chi connectivity index (χ1v) is 6.17. The zero-order valence-electron chi connectivity index (χ0n) is 10.3. The van der Waals surface area contributed by atoms with Crippen LogP contribution in [-0.4, -0.2) is 31.2 Å². The molecule has 3 nitrogen and oxygen atoms in total. The summed E-state index contributed by atoms with van der Waals surface area (Å²) in [6, 6.07) is 4.33. The first-order valence-electron chi connectivity index (χ1n) is 6.17. The third kappa shape index (κ3) is 2.73. The first kappa shape index (κ1) is 11.4. The van der Waals surface area contributed by atoms with Gasteiger partial charge in [-0.15, -0.1) is 0 Å². The van der Waals surface area contributed by atoms with Gasteiger partial charge in [0.25, 0.3) is 0 Å². The molecule has 0 spiro atoms. The van der Waals surface area contributed by atoms with Crippen molar-refractivity contribution < 1.29 is 0 Å². The van der Waals surface area contributed by atoms with Gasteiger partial charge in [0.2, 0.25) is 0 Å². The lowest BCUT2D eigenvalue weighted by atomic mass is 10.2. The van der Waals surface area contributed by atoms with Crippen molar-refractivity contribution in [1.29, 1.82) is 0 Å². The highest BCUT2D eigenvalue weighted by Crippen LogP contribution is 2.19. The van der Waals surface area contributed by atoms with Crippen LogP contribution in [0.25, 0.3) is 0 Å². The van der Waals surface area contributed by atoms with Gasteiger partial charge in [-0.05, 0) is 51.9 Å². The predicted molar refractivity (Wildman–Crippen MR) is 68.0 cm³/mol. The third-order valence-electron chi connectivity index (χ3n) is 3.10. The summed E-state index contributed by atoms with van der Waals surface area (Å²) in [4.78, 5) is 7.02. The molecule has 0 amide bonds. The van der Waals surface area contributed by atoms with E-state index in [-0.39, 0.29) is 0 Å². The molecule has 1 aromatic rings. The summed E-state index contributed by atoms with van der Waals surface area (Å²) in [6.07, 6.45) is 2.43. The first-order chi connectivity index (χ1) is 7.77. The van der Waals surface area contributed by atoms with E-state index in [9.17, 15) is 0 Å². The monoisotopic (exact) mass is 219 g/mol. The molecule has 2 heterocycles. The number of nitrogens with zero attached hydrogens (tertiary/aromatic N) is 2. The van der Waals surface area contributed by atoms with Crippen LogP contribution >= 0.6 is 0 Å². The molecule has 1 saturated heterocycles. The molecule has 0 atom stereocenters. The Morgan fingerprint density at radius 2 is 1.81 bits per heavy atom. The summed E-state index contributed by atoms with van der Waals surface area (Å²) >= 11 is 0. The second-order valence-electron chi connectivity index (χ2n) is 4.50. The fourth-order valence-corrected chi connectivity index (χ4v) is 2.28. The van der Waals surface area contributed by atoms with Crippen LogP contribution < -0.4 is 10.2 Å². The zero-order valence-corrected chi connectivity index (χ0v) is 10.3. The molecule has 1 aliphatic rings. The van der Waals surface area contributed by atoms with E-state index in [2.05, 4.69) is 34.3 Å². The summed E-state index contributed by atoms with van der Waals surface area (Å²) in [5.74, 6) is 0. The maximum absolute atomic E-state index is 4.55. The Kier molecular flexibility index (Phi) is 3.78. The van der Waals surface area contributed by atoms with E-state index in [0.717, 1.165) is 37.6 Å². The normalized spacial score (nSPS) is 18.0. The number of anilines is 1. The van der Waals surface area contributed by atoms with Gasteiger partial charge in [-0.1, -0.05) is 0 Å². The highest BCUT2D eigenvalue weighted by atomic mass is 15.1. The topological polar surface area (TPSA) is 28.2 Å². The molecule has 0 saturated carbocycles. The van der Waals surface area contributed by atoms with Crippen LogP contribution in [0.1, 0.15) is 24.2 Å². The number of pyridine rings is 1. The zero-order chi connectivity index (χ0) is 11.4. The molecule has 0 aromatic carbocycles. The van der Waals surface area contributed by atoms with E-state index < -0.39 is 0 Å². The summed E-state index contributed by atoms with van der Waals surface area (Å²) in [6.45, 7) is 8.70. The van der Waals surface area contributed by atoms with Crippen molar-refractivity contribution in [3.8, 4) is 0 Å². The average Bonchev–Trinajstić information content (AvgIpc) is 2.19. The lowest BCUT2D eigenvalue weighted by Crippen LogP contribution is -2.34. The highest BCUT2D eigenvalue weighted by molar-refractivity contribution is 5.50. The second-order valence-corrected chi connectivity index (χ2v) is 4.50. The lowest BCUT2D eigenvalue weighted by molar-refractivity contribution is 0.566. The number of rotatable bonds is 1. The lowest BCUT2D eigenvalue weighted by Gasteiger charge is -2.28. The highest BCUT2D eigenvalue weighted by Gasteiger charge is 2.11. The fraction of sp³-hybridized carbons (Fsp3) is 0.615. The number of hydrogen-bond donors (Lipinski definition) is 1. The molecular formula is C13H21N3. The molecule has 0 bridgehead atoms. The molecule has 16 heavy (non-hydrogen) atoms. The van der Waals surface area contributed by atoms with E-state index in [1.54, 1.807) is 0 Å². The van der Waals surface area contributed by atoms with Crippen LogP contribution in [-0.2, 0) is 0 Å². The minimum absolute atomic E-state index is 1.11. The van der Waals surface area contributed by atoms with E-state index >= 15 is 0 Å². The van der Waals surface area contributed by atoms with Crippen LogP contribution in [0.3, 0.4) is 0 Å². The Balaban J connectivity index is 2.14. The fourth-order valence-electron chi connectivity index (χ4n) is 2.28. The molecule has 3 heteroatoms. The van der Waals surface area contributed by atoms with E-state index in [1.165, 1.54) is 18.5 Å². The smallest absolute Gasteiger partial charge is 0.0608 e. The van der Waals surface area contributed by atoms with Crippen molar-refractivity contribution in [1.82, 2.24) is 10.3 Å². The summed E-state index contributed by atoms with van der Waals surface area (Å²) in [5.41, 5.74) is 3.58. The Bertz CT molecular complexity index is 341. The Hall–Kier alpha value is -1.09. The van der Waals surface area contributed by atoms with Gasteiger partial charge in [-0.25, -0.2) is 0 Å². The van der Waals surface area contributed by atoms with Crippen LogP contribution in [0.15, 0.2) is 12.1 Å². The molecule has 2 rings (SSSR count). The van der Waals surface area contributed by atoms with E-state index in [1.807, 2.05) is 6.92 Å². The average molecular weight is 219 g/mol. The number of aromatic nitrogens is 1.